The fourth-order valence-corrected chi connectivity index (χ4v) is 2.05. The number of nitrogens with zero attached hydrogens (tertiary/aromatic N) is 2. The molecule has 3 nitrogen and oxygen atoms in total. The minimum atomic E-state index is 0.457. The Labute approximate surface area is 95.4 Å². The Morgan fingerprint density at radius 2 is 1.80 bits per heavy atom. The summed E-state index contributed by atoms with van der Waals surface area (Å²) < 4.78 is 0. The van der Waals surface area contributed by atoms with Gasteiger partial charge in [-0.2, -0.15) is 0 Å². The Kier molecular flexibility index (Phi) is 3.06. The summed E-state index contributed by atoms with van der Waals surface area (Å²) in [5.41, 5.74) is 6.87. The van der Waals surface area contributed by atoms with Crippen molar-refractivity contribution in [2.24, 2.45) is 5.73 Å². The summed E-state index contributed by atoms with van der Waals surface area (Å²) in [5.74, 6) is 0. The van der Waals surface area contributed by atoms with Crippen molar-refractivity contribution in [1.29, 1.82) is 0 Å². The number of hydrogen-bond donors (Lipinski definition) is 1. The molecule has 0 saturated carbocycles. The van der Waals surface area contributed by atoms with Gasteiger partial charge in [0.2, 0.25) is 0 Å². The molecule has 1 aromatic carbocycles. The Hall–Kier alpha value is -1.29. The Balaban J connectivity index is 2.22. The molecule has 1 fully saturated rings. The van der Waals surface area contributed by atoms with Crippen LogP contribution < -0.4 is 10.7 Å². The summed E-state index contributed by atoms with van der Waals surface area (Å²) in [4.78, 5) is 0. The number of rotatable bonds is 1. The van der Waals surface area contributed by atoms with E-state index in [1.54, 1.807) is 0 Å². The highest BCUT2D eigenvalue weighted by atomic mass is 32.1. The van der Waals surface area contributed by atoms with Gasteiger partial charge in [-0.25, -0.2) is 0 Å². The summed E-state index contributed by atoms with van der Waals surface area (Å²) in [6.07, 6.45) is 2.34. The van der Waals surface area contributed by atoms with E-state index < -0.39 is 0 Å². The van der Waals surface area contributed by atoms with E-state index in [-0.39, 0.29) is 0 Å². The van der Waals surface area contributed by atoms with Gasteiger partial charge in [0.1, 0.15) is 0 Å². The molecule has 0 bridgehead atoms. The number of thiocarbonyl (C=S) groups is 1. The van der Waals surface area contributed by atoms with Crippen LogP contribution in [0.4, 0.5) is 5.69 Å². The van der Waals surface area contributed by atoms with E-state index in [2.05, 4.69) is 17.1 Å². The molecule has 0 atom stereocenters. The van der Waals surface area contributed by atoms with Gasteiger partial charge in [-0.15, -0.1) is 0 Å². The van der Waals surface area contributed by atoms with Crippen LogP contribution in [0.1, 0.15) is 12.8 Å². The lowest BCUT2D eigenvalue weighted by Crippen LogP contribution is -2.52. The zero-order chi connectivity index (χ0) is 10.7. The topological polar surface area (TPSA) is 32.5 Å². The van der Waals surface area contributed by atoms with Crippen molar-refractivity contribution in [3.63, 3.8) is 0 Å². The average Bonchev–Trinajstić information content (AvgIpc) is 2.30. The van der Waals surface area contributed by atoms with Crippen molar-refractivity contribution in [2.75, 3.05) is 18.1 Å². The van der Waals surface area contributed by atoms with Crippen LogP contribution >= 0.6 is 12.2 Å². The normalized spacial score (nSPS) is 16.5. The van der Waals surface area contributed by atoms with Crippen molar-refractivity contribution < 1.29 is 0 Å². The summed E-state index contributed by atoms with van der Waals surface area (Å²) >= 11 is 5.05. The van der Waals surface area contributed by atoms with Gasteiger partial charge in [-0.1, -0.05) is 18.2 Å². The number of para-hydroxylation sites is 1. The fourth-order valence-electron chi connectivity index (χ4n) is 1.86. The van der Waals surface area contributed by atoms with Gasteiger partial charge in [0, 0.05) is 13.1 Å². The van der Waals surface area contributed by atoms with Crippen LogP contribution in [0, 0.1) is 0 Å². The van der Waals surface area contributed by atoms with Crippen LogP contribution in [0.15, 0.2) is 30.3 Å². The first-order valence-corrected chi connectivity index (χ1v) is 5.59. The number of nitrogens with two attached hydrogens (primary N) is 1. The smallest absolute Gasteiger partial charge is 0.185 e. The first-order valence-electron chi connectivity index (χ1n) is 5.18. The maximum Gasteiger partial charge on any atom is 0.185 e. The van der Waals surface area contributed by atoms with Crippen LogP contribution in [0.2, 0.25) is 0 Å². The number of benzene rings is 1. The first-order chi connectivity index (χ1) is 7.29. The predicted octanol–water partition coefficient (Wildman–Crippen LogP) is 1.75. The summed E-state index contributed by atoms with van der Waals surface area (Å²) in [6, 6.07) is 10.2. The van der Waals surface area contributed by atoms with Gasteiger partial charge in [0.05, 0.1) is 5.69 Å². The van der Waals surface area contributed by atoms with Crippen LogP contribution in [0.3, 0.4) is 0 Å². The lowest BCUT2D eigenvalue weighted by Gasteiger charge is -2.40. The van der Waals surface area contributed by atoms with E-state index in [0.29, 0.717) is 5.11 Å². The molecule has 0 radical (unpaired) electrons. The molecule has 2 rings (SSSR count). The largest absolute Gasteiger partial charge is 0.375 e. The molecule has 0 aromatic heterocycles. The van der Waals surface area contributed by atoms with Crippen LogP contribution in [-0.4, -0.2) is 23.2 Å². The Morgan fingerprint density at radius 3 is 2.47 bits per heavy atom. The van der Waals surface area contributed by atoms with Crippen molar-refractivity contribution >= 4 is 23.0 Å². The summed E-state index contributed by atoms with van der Waals surface area (Å²) in [7, 11) is 0. The van der Waals surface area contributed by atoms with Crippen LogP contribution in [0.5, 0.6) is 0 Å². The van der Waals surface area contributed by atoms with Crippen molar-refractivity contribution in [3.8, 4) is 0 Å². The number of anilines is 1. The van der Waals surface area contributed by atoms with E-state index in [4.69, 9.17) is 18.0 Å². The minimum Gasteiger partial charge on any atom is -0.375 e. The first kappa shape index (κ1) is 10.2. The molecular weight excluding hydrogens is 206 g/mol. The third kappa shape index (κ3) is 2.21. The Bertz CT molecular complexity index is 339. The van der Waals surface area contributed by atoms with E-state index in [1.165, 1.54) is 6.42 Å². The number of hydrogen-bond acceptors (Lipinski definition) is 2. The van der Waals surface area contributed by atoms with Gasteiger partial charge in [0.15, 0.2) is 5.11 Å². The molecular formula is C11H15N3S. The quantitative estimate of drug-likeness (QED) is 0.732. The van der Waals surface area contributed by atoms with E-state index in [1.807, 2.05) is 23.2 Å². The number of hydrazine groups is 1. The zero-order valence-corrected chi connectivity index (χ0v) is 9.41. The summed E-state index contributed by atoms with van der Waals surface area (Å²) in [5, 5.41) is 4.60. The molecule has 80 valence electrons. The third-order valence-electron chi connectivity index (χ3n) is 2.59. The van der Waals surface area contributed by atoms with E-state index in [0.717, 1.165) is 25.2 Å². The van der Waals surface area contributed by atoms with Gasteiger partial charge < -0.3 is 5.73 Å². The minimum absolute atomic E-state index is 0.457. The molecule has 4 heteroatoms. The van der Waals surface area contributed by atoms with Crippen LogP contribution in [0.25, 0.3) is 0 Å². The lowest BCUT2D eigenvalue weighted by molar-refractivity contribution is 0.327. The lowest BCUT2D eigenvalue weighted by atomic mass is 10.2. The standard InChI is InChI=1S/C11H15N3S/c12-11(15)14-9-5-4-8-13(14)10-6-2-1-3-7-10/h1-3,6-7H,4-5,8-9H2,(H2,12,15). The molecule has 0 spiro atoms. The van der Waals surface area contributed by atoms with Gasteiger partial charge >= 0.3 is 0 Å². The molecule has 1 heterocycles. The monoisotopic (exact) mass is 221 g/mol. The molecule has 0 amide bonds. The second-order valence-electron chi connectivity index (χ2n) is 3.63. The van der Waals surface area contributed by atoms with Gasteiger partial charge in [-0.05, 0) is 37.2 Å². The van der Waals surface area contributed by atoms with Gasteiger partial charge in [0.25, 0.3) is 0 Å². The predicted molar refractivity (Wildman–Crippen MR) is 66.5 cm³/mol. The van der Waals surface area contributed by atoms with Crippen molar-refractivity contribution in [2.45, 2.75) is 12.8 Å². The highest BCUT2D eigenvalue weighted by Gasteiger charge is 2.20. The molecule has 1 aromatic rings. The van der Waals surface area contributed by atoms with Crippen LogP contribution in [-0.2, 0) is 0 Å². The average molecular weight is 221 g/mol. The Morgan fingerprint density at radius 1 is 1.13 bits per heavy atom. The van der Waals surface area contributed by atoms with E-state index >= 15 is 0 Å². The summed E-state index contributed by atoms with van der Waals surface area (Å²) in [6.45, 7) is 1.91. The molecule has 0 unspecified atom stereocenters. The third-order valence-corrected chi connectivity index (χ3v) is 2.80. The maximum absolute atomic E-state index is 5.71. The zero-order valence-electron chi connectivity index (χ0n) is 8.60. The fraction of sp³-hybridized carbons (Fsp3) is 0.364. The molecule has 0 aliphatic carbocycles. The second-order valence-corrected chi connectivity index (χ2v) is 4.05. The molecule has 15 heavy (non-hydrogen) atoms. The van der Waals surface area contributed by atoms with Crippen molar-refractivity contribution in [3.05, 3.63) is 30.3 Å². The highest BCUT2D eigenvalue weighted by Crippen LogP contribution is 2.20. The maximum atomic E-state index is 5.71. The van der Waals surface area contributed by atoms with E-state index in [9.17, 15) is 0 Å². The van der Waals surface area contributed by atoms with Crippen molar-refractivity contribution in [1.82, 2.24) is 5.01 Å². The van der Waals surface area contributed by atoms with Gasteiger partial charge in [-0.3, -0.25) is 10.0 Å². The molecule has 1 aliphatic rings. The highest BCUT2D eigenvalue weighted by molar-refractivity contribution is 7.80. The molecule has 2 N–H and O–H groups in total. The SMILES string of the molecule is NC(=S)N1CCCCN1c1ccccc1. The molecule has 1 aliphatic heterocycles. The molecule has 1 saturated heterocycles. The second kappa shape index (κ2) is 4.49.